The van der Waals surface area contributed by atoms with Gasteiger partial charge in [-0.1, -0.05) is 23.7 Å². The van der Waals surface area contributed by atoms with Crippen molar-refractivity contribution >= 4 is 38.9 Å². The number of nitrogens with zero attached hydrogens (tertiary/aromatic N) is 2. The minimum atomic E-state index is -3.82. The van der Waals surface area contributed by atoms with Crippen molar-refractivity contribution in [3.8, 4) is 0 Å². The molecule has 0 radical (unpaired) electrons. The first kappa shape index (κ1) is 17.1. The van der Waals surface area contributed by atoms with E-state index < -0.39 is 10.0 Å². The van der Waals surface area contributed by atoms with Gasteiger partial charge in [-0.15, -0.1) is 10.2 Å². The molecular formula is C16H12ClFN4O2S. The topological polar surface area (TPSA) is 84.0 Å². The molecule has 0 atom stereocenters. The Morgan fingerprint density at radius 1 is 0.920 bits per heavy atom. The molecule has 1 aromatic heterocycles. The molecule has 1 heterocycles. The lowest BCUT2D eigenvalue weighted by molar-refractivity contribution is 0.601. The van der Waals surface area contributed by atoms with E-state index in [4.69, 9.17) is 11.6 Å². The van der Waals surface area contributed by atoms with Gasteiger partial charge < -0.3 is 5.32 Å². The van der Waals surface area contributed by atoms with E-state index in [1.165, 1.54) is 42.5 Å². The summed E-state index contributed by atoms with van der Waals surface area (Å²) in [6.45, 7) is 0. The number of hydrogen-bond acceptors (Lipinski definition) is 5. The Bertz CT molecular complexity index is 997. The summed E-state index contributed by atoms with van der Waals surface area (Å²) in [4.78, 5) is 0.0174. The van der Waals surface area contributed by atoms with E-state index in [9.17, 15) is 12.8 Å². The lowest BCUT2D eigenvalue weighted by Crippen LogP contribution is -2.14. The van der Waals surface area contributed by atoms with E-state index in [0.717, 1.165) is 0 Å². The summed E-state index contributed by atoms with van der Waals surface area (Å²) >= 11 is 5.81. The molecule has 0 aliphatic carbocycles. The average molecular weight is 379 g/mol. The SMILES string of the molecule is O=S(=O)(Nc1ccc(Nc2cccc(F)c2)nn1)c1cccc(Cl)c1. The predicted octanol–water partition coefficient (Wildman–Crippen LogP) is 3.81. The maximum atomic E-state index is 13.1. The Labute approximate surface area is 148 Å². The molecule has 2 aromatic carbocycles. The molecule has 0 fully saturated rings. The van der Waals surface area contributed by atoms with Crippen LogP contribution >= 0.6 is 11.6 Å². The van der Waals surface area contributed by atoms with Gasteiger partial charge >= 0.3 is 0 Å². The monoisotopic (exact) mass is 378 g/mol. The standard InChI is InChI=1S/C16H12ClFN4O2S/c17-11-3-1-6-14(9-11)25(23,24)22-16-8-7-15(20-21-16)19-13-5-2-4-12(18)10-13/h1-10H,(H,19,20)(H,21,22). The molecule has 3 rings (SSSR count). The minimum absolute atomic E-state index is 0.0174. The predicted molar refractivity (Wildman–Crippen MR) is 94.0 cm³/mol. The molecule has 0 saturated heterocycles. The Hall–Kier alpha value is -2.71. The number of nitrogens with one attached hydrogen (secondary N) is 2. The fraction of sp³-hybridized carbons (Fsp3) is 0. The number of anilines is 3. The number of benzene rings is 2. The van der Waals surface area contributed by atoms with E-state index in [2.05, 4.69) is 20.2 Å². The zero-order valence-corrected chi connectivity index (χ0v) is 14.2. The molecule has 2 N–H and O–H groups in total. The van der Waals surface area contributed by atoms with Crippen LogP contribution in [0.3, 0.4) is 0 Å². The van der Waals surface area contributed by atoms with Gasteiger partial charge in [0.1, 0.15) is 5.82 Å². The van der Waals surface area contributed by atoms with Crippen molar-refractivity contribution < 1.29 is 12.8 Å². The third kappa shape index (κ3) is 4.43. The Kier molecular flexibility index (Phi) is 4.82. The molecule has 0 amide bonds. The normalized spacial score (nSPS) is 11.1. The van der Waals surface area contributed by atoms with Gasteiger partial charge in [0.2, 0.25) is 0 Å². The Morgan fingerprint density at radius 3 is 2.32 bits per heavy atom. The van der Waals surface area contributed by atoms with Gasteiger partial charge in [0.25, 0.3) is 10.0 Å². The van der Waals surface area contributed by atoms with Gasteiger partial charge in [-0.2, -0.15) is 0 Å². The van der Waals surface area contributed by atoms with Crippen LogP contribution in [0.5, 0.6) is 0 Å². The zero-order valence-electron chi connectivity index (χ0n) is 12.6. The van der Waals surface area contributed by atoms with Crippen molar-refractivity contribution in [3.05, 3.63) is 71.5 Å². The van der Waals surface area contributed by atoms with E-state index in [1.54, 1.807) is 18.2 Å². The van der Waals surface area contributed by atoms with Crippen molar-refractivity contribution in [2.24, 2.45) is 0 Å². The van der Waals surface area contributed by atoms with Crippen molar-refractivity contribution in [2.75, 3.05) is 10.0 Å². The molecule has 3 aromatic rings. The second-order valence-electron chi connectivity index (χ2n) is 5.00. The number of rotatable bonds is 5. The summed E-state index contributed by atoms with van der Waals surface area (Å²) in [7, 11) is -3.82. The van der Waals surface area contributed by atoms with Crippen LogP contribution in [0.15, 0.2) is 65.6 Å². The summed E-state index contributed by atoms with van der Waals surface area (Å²) < 4.78 is 40.0. The van der Waals surface area contributed by atoms with Crippen LogP contribution in [0.1, 0.15) is 0 Å². The van der Waals surface area contributed by atoms with Crippen molar-refractivity contribution in [2.45, 2.75) is 4.90 Å². The summed E-state index contributed by atoms with van der Waals surface area (Å²) in [5.41, 5.74) is 0.501. The first-order chi connectivity index (χ1) is 11.9. The van der Waals surface area contributed by atoms with E-state index >= 15 is 0 Å². The third-order valence-corrected chi connectivity index (χ3v) is 4.69. The molecule has 0 aliphatic rings. The second kappa shape index (κ2) is 7.04. The van der Waals surface area contributed by atoms with Crippen LogP contribution < -0.4 is 10.0 Å². The lowest BCUT2D eigenvalue weighted by atomic mass is 10.3. The van der Waals surface area contributed by atoms with Gasteiger partial charge in [-0.05, 0) is 48.5 Å². The van der Waals surface area contributed by atoms with Crippen LogP contribution in [0.25, 0.3) is 0 Å². The van der Waals surface area contributed by atoms with Crippen LogP contribution in [-0.2, 0) is 10.0 Å². The van der Waals surface area contributed by atoms with Gasteiger partial charge in [0.15, 0.2) is 11.6 Å². The fourth-order valence-corrected chi connectivity index (χ4v) is 3.30. The molecule has 128 valence electrons. The van der Waals surface area contributed by atoms with Crippen molar-refractivity contribution in [3.63, 3.8) is 0 Å². The first-order valence-corrected chi connectivity index (χ1v) is 8.93. The number of hydrogen-bond donors (Lipinski definition) is 2. The molecule has 0 saturated carbocycles. The molecule has 0 aliphatic heterocycles. The third-order valence-electron chi connectivity index (χ3n) is 3.11. The quantitative estimate of drug-likeness (QED) is 0.705. The molecule has 0 unspecified atom stereocenters. The summed E-state index contributed by atoms with van der Waals surface area (Å²) in [5, 5.41) is 10.8. The average Bonchev–Trinajstić information content (AvgIpc) is 2.56. The highest BCUT2D eigenvalue weighted by Crippen LogP contribution is 2.19. The summed E-state index contributed by atoms with van der Waals surface area (Å²) in [6, 6.07) is 14.7. The van der Waals surface area contributed by atoms with Crippen LogP contribution in [0.4, 0.5) is 21.7 Å². The minimum Gasteiger partial charge on any atom is -0.339 e. The van der Waals surface area contributed by atoms with Gasteiger partial charge in [-0.3, -0.25) is 4.72 Å². The van der Waals surface area contributed by atoms with E-state index in [0.29, 0.717) is 16.5 Å². The van der Waals surface area contributed by atoms with Crippen LogP contribution in [-0.4, -0.2) is 18.6 Å². The smallest absolute Gasteiger partial charge is 0.263 e. The maximum Gasteiger partial charge on any atom is 0.263 e. The Balaban J connectivity index is 1.74. The van der Waals surface area contributed by atoms with Crippen LogP contribution in [0.2, 0.25) is 5.02 Å². The highest BCUT2D eigenvalue weighted by molar-refractivity contribution is 7.92. The number of sulfonamides is 1. The van der Waals surface area contributed by atoms with E-state index in [1.807, 2.05) is 0 Å². The highest BCUT2D eigenvalue weighted by atomic mass is 35.5. The summed E-state index contributed by atoms with van der Waals surface area (Å²) in [5.74, 6) is 0.00457. The number of aromatic nitrogens is 2. The first-order valence-electron chi connectivity index (χ1n) is 7.07. The van der Waals surface area contributed by atoms with Crippen LogP contribution in [0, 0.1) is 5.82 Å². The second-order valence-corrected chi connectivity index (χ2v) is 7.12. The molecular weight excluding hydrogens is 367 g/mol. The van der Waals surface area contributed by atoms with Crippen molar-refractivity contribution in [1.29, 1.82) is 0 Å². The molecule has 9 heteroatoms. The van der Waals surface area contributed by atoms with Gasteiger partial charge in [-0.25, -0.2) is 12.8 Å². The molecule has 25 heavy (non-hydrogen) atoms. The largest absolute Gasteiger partial charge is 0.339 e. The van der Waals surface area contributed by atoms with E-state index in [-0.39, 0.29) is 16.5 Å². The lowest BCUT2D eigenvalue weighted by Gasteiger charge is -2.08. The fourth-order valence-electron chi connectivity index (χ4n) is 2.00. The van der Waals surface area contributed by atoms with Crippen molar-refractivity contribution in [1.82, 2.24) is 10.2 Å². The number of halogens is 2. The maximum absolute atomic E-state index is 13.1. The summed E-state index contributed by atoms with van der Waals surface area (Å²) in [6.07, 6.45) is 0. The Morgan fingerprint density at radius 2 is 1.64 bits per heavy atom. The highest BCUT2D eigenvalue weighted by Gasteiger charge is 2.15. The molecule has 0 bridgehead atoms. The van der Waals surface area contributed by atoms with Gasteiger partial charge in [0, 0.05) is 10.7 Å². The molecule has 6 nitrogen and oxygen atoms in total. The molecule has 0 spiro atoms. The van der Waals surface area contributed by atoms with Gasteiger partial charge in [0.05, 0.1) is 4.90 Å². The zero-order chi connectivity index (χ0) is 17.9.